The van der Waals surface area contributed by atoms with Crippen LogP contribution >= 0.6 is 0 Å². The second-order valence-electron chi connectivity index (χ2n) is 4.42. The van der Waals surface area contributed by atoms with Gasteiger partial charge in [0.25, 0.3) is 0 Å². The second-order valence-corrected chi connectivity index (χ2v) is 4.42. The summed E-state index contributed by atoms with van der Waals surface area (Å²) in [5.74, 6) is 0. The first-order valence-corrected chi connectivity index (χ1v) is 6.38. The molecule has 2 nitrogen and oxygen atoms in total. The smallest absolute Gasteiger partial charge is 0.0340 e. The van der Waals surface area contributed by atoms with E-state index in [0.717, 1.165) is 13.0 Å². The molecule has 0 saturated heterocycles. The molecule has 0 bridgehead atoms. The molecule has 2 aromatic carbocycles. The Labute approximate surface area is 109 Å². The Kier molecular flexibility index (Phi) is 4.79. The van der Waals surface area contributed by atoms with Gasteiger partial charge in [-0.25, -0.2) is 0 Å². The van der Waals surface area contributed by atoms with E-state index in [1.165, 1.54) is 11.3 Å². The van der Waals surface area contributed by atoms with E-state index >= 15 is 0 Å². The lowest BCUT2D eigenvalue weighted by Gasteiger charge is -2.17. The standard InChI is InChI=1S/C16H20N2/c1-17-16(12-14-8-4-2-5-9-14)13-18-15-10-6-3-7-11-15/h2-11,16-18H,12-13H2,1H3/t16-/m0/s1. The topological polar surface area (TPSA) is 24.1 Å². The second kappa shape index (κ2) is 6.82. The Bertz CT molecular complexity index is 439. The average Bonchev–Trinajstić information content (AvgIpc) is 2.45. The summed E-state index contributed by atoms with van der Waals surface area (Å²) < 4.78 is 0. The summed E-state index contributed by atoms with van der Waals surface area (Å²) in [6, 6.07) is 21.3. The molecule has 0 radical (unpaired) electrons. The predicted molar refractivity (Wildman–Crippen MR) is 77.9 cm³/mol. The van der Waals surface area contributed by atoms with Crippen molar-refractivity contribution in [2.24, 2.45) is 0 Å². The largest absolute Gasteiger partial charge is 0.383 e. The maximum absolute atomic E-state index is 3.45. The van der Waals surface area contributed by atoms with Gasteiger partial charge in [-0.3, -0.25) is 0 Å². The molecular weight excluding hydrogens is 220 g/mol. The van der Waals surface area contributed by atoms with E-state index in [4.69, 9.17) is 0 Å². The highest BCUT2D eigenvalue weighted by Crippen LogP contribution is 2.07. The number of rotatable bonds is 6. The van der Waals surface area contributed by atoms with Gasteiger partial charge in [-0.15, -0.1) is 0 Å². The highest BCUT2D eigenvalue weighted by atomic mass is 15.0. The monoisotopic (exact) mass is 240 g/mol. The van der Waals surface area contributed by atoms with Crippen molar-refractivity contribution in [1.29, 1.82) is 0 Å². The summed E-state index contributed by atoms with van der Waals surface area (Å²) >= 11 is 0. The quantitative estimate of drug-likeness (QED) is 0.811. The van der Waals surface area contributed by atoms with E-state index in [9.17, 15) is 0 Å². The van der Waals surface area contributed by atoms with Crippen molar-refractivity contribution < 1.29 is 0 Å². The lowest BCUT2D eigenvalue weighted by Crippen LogP contribution is -2.34. The molecule has 2 rings (SSSR count). The molecule has 0 aromatic heterocycles. The van der Waals surface area contributed by atoms with Gasteiger partial charge in [0, 0.05) is 18.3 Å². The zero-order valence-electron chi connectivity index (χ0n) is 10.8. The minimum Gasteiger partial charge on any atom is -0.383 e. The first-order valence-electron chi connectivity index (χ1n) is 6.38. The van der Waals surface area contributed by atoms with Crippen molar-refractivity contribution in [2.75, 3.05) is 18.9 Å². The lowest BCUT2D eigenvalue weighted by molar-refractivity contribution is 0.583. The Balaban J connectivity index is 1.86. The van der Waals surface area contributed by atoms with Crippen molar-refractivity contribution in [1.82, 2.24) is 5.32 Å². The molecule has 1 atom stereocenters. The normalized spacial score (nSPS) is 12.1. The number of nitrogens with one attached hydrogen (secondary N) is 2. The van der Waals surface area contributed by atoms with Gasteiger partial charge in [-0.05, 0) is 31.2 Å². The van der Waals surface area contributed by atoms with Gasteiger partial charge in [0.1, 0.15) is 0 Å². The molecule has 0 aliphatic rings. The Morgan fingerprint density at radius 3 is 2.11 bits per heavy atom. The molecular formula is C16H20N2. The van der Waals surface area contributed by atoms with Crippen LogP contribution in [0.4, 0.5) is 5.69 Å². The van der Waals surface area contributed by atoms with Crippen LogP contribution in [-0.2, 0) is 6.42 Å². The van der Waals surface area contributed by atoms with E-state index in [2.05, 4.69) is 53.1 Å². The summed E-state index contributed by atoms with van der Waals surface area (Å²) in [6.45, 7) is 0.926. The van der Waals surface area contributed by atoms with Crippen molar-refractivity contribution in [3.63, 3.8) is 0 Å². The summed E-state index contributed by atoms with van der Waals surface area (Å²) in [5, 5.41) is 6.81. The average molecular weight is 240 g/mol. The minimum atomic E-state index is 0.438. The first kappa shape index (κ1) is 12.7. The summed E-state index contributed by atoms with van der Waals surface area (Å²) in [4.78, 5) is 0. The van der Waals surface area contributed by atoms with Gasteiger partial charge in [0.2, 0.25) is 0 Å². The molecule has 0 saturated carbocycles. The van der Waals surface area contributed by atoms with Gasteiger partial charge in [0.05, 0.1) is 0 Å². The summed E-state index contributed by atoms with van der Waals surface area (Å²) in [6.07, 6.45) is 1.04. The van der Waals surface area contributed by atoms with Crippen LogP contribution in [0.15, 0.2) is 60.7 Å². The number of likely N-dealkylation sites (N-methyl/N-ethyl adjacent to an activating group) is 1. The maximum atomic E-state index is 3.45. The first-order chi connectivity index (χ1) is 8.88. The fraction of sp³-hybridized carbons (Fsp3) is 0.250. The molecule has 2 aromatic rings. The predicted octanol–water partition coefficient (Wildman–Crippen LogP) is 2.93. The van der Waals surface area contributed by atoms with Gasteiger partial charge in [0.15, 0.2) is 0 Å². The van der Waals surface area contributed by atoms with Crippen LogP contribution in [0, 0.1) is 0 Å². The van der Waals surface area contributed by atoms with E-state index in [0.29, 0.717) is 6.04 Å². The molecule has 0 aliphatic heterocycles. The summed E-state index contributed by atoms with van der Waals surface area (Å²) in [7, 11) is 2.01. The summed E-state index contributed by atoms with van der Waals surface area (Å²) in [5.41, 5.74) is 2.54. The van der Waals surface area contributed by atoms with Crippen LogP contribution < -0.4 is 10.6 Å². The minimum absolute atomic E-state index is 0.438. The van der Waals surface area contributed by atoms with Gasteiger partial charge in [-0.1, -0.05) is 48.5 Å². The highest BCUT2D eigenvalue weighted by Gasteiger charge is 2.06. The number of hydrogen-bond donors (Lipinski definition) is 2. The number of hydrogen-bond acceptors (Lipinski definition) is 2. The molecule has 0 amide bonds. The molecule has 0 aliphatic carbocycles. The zero-order valence-corrected chi connectivity index (χ0v) is 10.8. The van der Waals surface area contributed by atoms with Crippen molar-refractivity contribution in [3.05, 3.63) is 66.2 Å². The molecule has 2 N–H and O–H groups in total. The third kappa shape index (κ3) is 3.90. The fourth-order valence-corrected chi connectivity index (χ4v) is 1.97. The van der Waals surface area contributed by atoms with Crippen LogP contribution in [-0.4, -0.2) is 19.6 Å². The van der Waals surface area contributed by atoms with Gasteiger partial charge in [-0.2, -0.15) is 0 Å². The van der Waals surface area contributed by atoms with E-state index in [-0.39, 0.29) is 0 Å². The van der Waals surface area contributed by atoms with Crippen molar-refractivity contribution in [3.8, 4) is 0 Å². The van der Waals surface area contributed by atoms with Gasteiger partial charge >= 0.3 is 0 Å². The van der Waals surface area contributed by atoms with Crippen LogP contribution in [0.25, 0.3) is 0 Å². The van der Waals surface area contributed by atoms with Crippen LogP contribution in [0.5, 0.6) is 0 Å². The third-order valence-electron chi connectivity index (χ3n) is 3.06. The van der Waals surface area contributed by atoms with E-state index in [1.807, 2.05) is 25.2 Å². The molecule has 0 spiro atoms. The molecule has 0 unspecified atom stereocenters. The number of anilines is 1. The lowest BCUT2D eigenvalue weighted by atomic mass is 10.1. The van der Waals surface area contributed by atoms with Crippen LogP contribution in [0.3, 0.4) is 0 Å². The Morgan fingerprint density at radius 2 is 1.50 bits per heavy atom. The number of para-hydroxylation sites is 1. The molecule has 94 valence electrons. The molecule has 2 heteroatoms. The van der Waals surface area contributed by atoms with E-state index in [1.54, 1.807) is 0 Å². The van der Waals surface area contributed by atoms with Gasteiger partial charge < -0.3 is 10.6 Å². The zero-order chi connectivity index (χ0) is 12.6. The maximum Gasteiger partial charge on any atom is 0.0340 e. The Morgan fingerprint density at radius 1 is 0.889 bits per heavy atom. The van der Waals surface area contributed by atoms with Crippen LogP contribution in [0.1, 0.15) is 5.56 Å². The van der Waals surface area contributed by atoms with E-state index < -0.39 is 0 Å². The fourth-order valence-electron chi connectivity index (χ4n) is 1.97. The molecule has 18 heavy (non-hydrogen) atoms. The molecule has 0 fully saturated rings. The third-order valence-corrected chi connectivity index (χ3v) is 3.06. The molecule has 0 heterocycles. The SMILES string of the molecule is CN[C@H](CNc1ccccc1)Cc1ccccc1. The van der Waals surface area contributed by atoms with Crippen molar-refractivity contribution >= 4 is 5.69 Å². The van der Waals surface area contributed by atoms with Crippen LogP contribution in [0.2, 0.25) is 0 Å². The Hall–Kier alpha value is -1.80. The highest BCUT2D eigenvalue weighted by molar-refractivity contribution is 5.42. The number of benzene rings is 2. The van der Waals surface area contributed by atoms with Crippen molar-refractivity contribution in [2.45, 2.75) is 12.5 Å².